The lowest BCUT2D eigenvalue weighted by Crippen LogP contribution is -2.41. The van der Waals surface area contributed by atoms with Crippen molar-refractivity contribution >= 4 is 12.1 Å². The molecule has 0 aromatic heterocycles. The number of carboxylic acid groups (broad SMARTS) is 1. The zero-order valence-electron chi connectivity index (χ0n) is 9.44. The van der Waals surface area contributed by atoms with Gasteiger partial charge in [0, 0.05) is 6.61 Å². The highest BCUT2D eigenvalue weighted by Gasteiger charge is 2.20. The molecular formula is C10H19NO5. The van der Waals surface area contributed by atoms with Gasteiger partial charge in [-0.25, -0.2) is 9.59 Å². The molecule has 0 saturated carbocycles. The molecule has 6 heteroatoms. The molecule has 6 nitrogen and oxygen atoms in total. The molecule has 0 fully saturated rings. The standard InChI is InChI=1S/C10H19NO5/c1-2-16-9(13)8(11-10(14)15)6-4-3-5-7-12/h8,11-12H,2-7H2,1H3,(H,14,15). The summed E-state index contributed by atoms with van der Waals surface area (Å²) in [6, 6.07) is -0.809. The average Bonchev–Trinajstić information content (AvgIpc) is 2.22. The summed E-state index contributed by atoms with van der Waals surface area (Å²) in [5.41, 5.74) is 0. The van der Waals surface area contributed by atoms with Gasteiger partial charge >= 0.3 is 12.1 Å². The van der Waals surface area contributed by atoms with Crippen LogP contribution < -0.4 is 5.32 Å². The van der Waals surface area contributed by atoms with Crippen LogP contribution in [0.4, 0.5) is 4.79 Å². The van der Waals surface area contributed by atoms with E-state index in [1.54, 1.807) is 6.92 Å². The summed E-state index contributed by atoms with van der Waals surface area (Å²) >= 11 is 0. The van der Waals surface area contributed by atoms with Gasteiger partial charge in [-0.15, -0.1) is 0 Å². The van der Waals surface area contributed by atoms with E-state index in [0.29, 0.717) is 19.3 Å². The van der Waals surface area contributed by atoms with Gasteiger partial charge < -0.3 is 20.3 Å². The van der Waals surface area contributed by atoms with Gasteiger partial charge in [-0.1, -0.05) is 12.8 Å². The lowest BCUT2D eigenvalue weighted by Gasteiger charge is -2.14. The Morgan fingerprint density at radius 2 is 2.00 bits per heavy atom. The summed E-state index contributed by atoms with van der Waals surface area (Å²) in [4.78, 5) is 21.8. The molecule has 0 aromatic rings. The van der Waals surface area contributed by atoms with E-state index in [9.17, 15) is 9.59 Å². The van der Waals surface area contributed by atoms with E-state index in [-0.39, 0.29) is 13.2 Å². The lowest BCUT2D eigenvalue weighted by molar-refractivity contribution is -0.145. The maximum absolute atomic E-state index is 11.3. The predicted octanol–water partition coefficient (Wildman–Crippen LogP) is 0.738. The van der Waals surface area contributed by atoms with Crippen molar-refractivity contribution in [1.82, 2.24) is 5.32 Å². The van der Waals surface area contributed by atoms with Gasteiger partial charge in [0.05, 0.1) is 6.61 Å². The van der Waals surface area contributed by atoms with Crippen LogP contribution in [0.5, 0.6) is 0 Å². The van der Waals surface area contributed by atoms with Gasteiger partial charge in [-0.3, -0.25) is 0 Å². The van der Waals surface area contributed by atoms with E-state index in [1.807, 2.05) is 0 Å². The highest BCUT2D eigenvalue weighted by atomic mass is 16.5. The van der Waals surface area contributed by atoms with Crippen molar-refractivity contribution in [2.75, 3.05) is 13.2 Å². The normalized spacial score (nSPS) is 11.9. The van der Waals surface area contributed by atoms with Crippen molar-refractivity contribution in [2.24, 2.45) is 0 Å². The zero-order chi connectivity index (χ0) is 12.4. The molecule has 0 bridgehead atoms. The number of hydrogen-bond donors (Lipinski definition) is 3. The highest BCUT2D eigenvalue weighted by Crippen LogP contribution is 2.05. The Hall–Kier alpha value is -1.30. The Kier molecular flexibility index (Phi) is 8.24. The van der Waals surface area contributed by atoms with E-state index < -0.39 is 18.1 Å². The number of carbonyl (C=O) groups excluding carboxylic acids is 1. The number of aliphatic hydroxyl groups excluding tert-OH is 1. The minimum atomic E-state index is -1.24. The minimum Gasteiger partial charge on any atom is -0.465 e. The molecular weight excluding hydrogens is 214 g/mol. The molecule has 1 amide bonds. The van der Waals surface area contributed by atoms with Crippen molar-refractivity contribution in [3.8, 4) is 0 Å². The van der Waals surface area contributed by atoms with Crippen molar-refractivity contribution in [1.29, 1.82) is 0 Å². The maximum atomic E-state index is 11.3. The van der Waals surface area contributed by atoms with E-state index in [0.717, 1.165) is 6.42 Å². The van der Waals surface area contributed by atoms with Crippen LogP contribution in [0.3, 0.4) is 0 Å². The Labute approximate surface area is 94.6 Å². The molecule has 0 aromatic carbocycles. The van der Waals surface area contributed by atoms with E-state index in [1.165, 1.54) is 0 Å². The number of amides is 1. The predicted molar refractivity (Wildman–Crippen MR) is 57.1 cm³/mol. The third-order valence-corrected chi connectivity index (χ3v) is 2.02. The first-order chi connectivity index (χ1) is 7.61. The minimum absolute atomic E-state index is 0.108. The zero-order valence-corrected chi connectivity index (χ0v) is 9.44. The second kappa shape index (κ2) is 8.96. The van der Waals surface area contributed by atoms with Gasteiger partial charge in [0.25, 0.3) is 0 Å². The van der Waals surface area contributed by atoms with Crippen molar-refractivity contribution in [3.63, 3.8) is 0 Å². The van der Waals surface area contributed by atoms with Crippen molar-refractivity contribution in [2.45, 2.75) is 38.6 Å². The third kappa shape index (κ3) is 7.05. The Morgan fingerprint density at radius 3 is 2.50 bits per heavy atom. The number of ether oxygens (including phenoxy) is 1. The van der Waals surface area contributed by atoms with E-state index in [2.05, 4.69) is 5.32 Å². The fraction of sp³-hybridized carbons (Fsp3) is 0.800. The number of nitrogens with one attached hydrogen (secondary N) is 1. The summed E-state index contributed by atoms with van der Waals surface area (Å²) < 4.78 is 4.75. The average molecular weight is 233 g/mol. The molecule has 16 heavy (non-hydrogen) atoms. The Balaban J connectivity index is 3.99. The summed E-state index contributed by atoms with van der Waals surface area (Å²) in [5, 5.41) is 19.2. The first-order valence-electron chi connectivity index (χ1n) is 5.38. The largest absolute Gasteiger partial charge is 0.465 e. The summed E-state index contributed by atoms with van der Waals surface area (Å²) in [6.45, 7) is 2.01. The molecule has 3 N–H and O–H groups in total. The molecule has 0 spiro atoms. The molecule has 0 aliphatic heterocycles. The molecule has 0 radical (unpaired) electrons. The van der Waals surface area contributed by atoms with Crippen molar-refractivity contribution < 1.29 is 24.5 Å². The lowest BCUT2D eigenvalue weighted by atomic mass is 10.1. The van der Waals surface area contributed by atoms with E-state index >= 15 is 0 Å². The Morgan fingerprint density at radius 1 is 1.31 bits per heavy atom. The van der Waals surface area contributed by atoms with Crippen molar-refractivity contribution in [3.05, 3.63) is 0 Å². The van der Waals surface area contributed by atoms with Crippen LogP contribution in [0.2, 0.25) is 0 Å². The number of hydrogen-bond acceptors (Lipinski definition) is 4. The molecule has 0 aliphatic rings. The molecule has 0 heterocycles. The van der Waals surface area contributed by atoms with Gasteiger partial charge in [0.15, 0.2) is 0 Å². The smallest absolute Gasteiger partial charge is 0.405 e. The van der Waals surface area contributed by atoms with Gasteiger partial charge in [-0.2, -0.15) is 0 Å². The quantitative estimate of drug-likeness (QED) is 0.424. The molecule has 1 unspecified atom stereocenters. The van der Waals surface area contributed by atoms with Gasteiger partial charge in [0.2, 0.25) is 0 Å². The number of rotatable bonds is 8. The first kappa shape index (κ1) is 14.7. The first-order valence-corrected chi connectivity index (χ1v) is 5.38. The van der Waals surface area contributed by atoms with Gasteiger partial charge in [0.1, 0.15) is 6.04 Å². The fourth-order valence-electron chi connectivity index (χ4n) is 1.28. The monoisotopic (exact) mass is 233 g/mol. The summed E-state index contributed by atoms with van der Waals surface area (Å²) in [5.74, 6) is -0.547. The molecule has 0 aliphatic carbocycles. The summed E-state index contributed by atoms with van der Waals surface area (Å²) in [7, 11) is 0. The fourth-order valence-corrected chi connectivity index (χ4v) is 1.28. The van der Waals surface area contributed by atoms with Crippen LogP contribution in [-0.4, -0.2) is 41.5 Å². The topological polar surface area (TPSA) is 95.9 Å². The SMILES string of the molecule is CCOC(=O)C(CCCCCO)NC(=O)O. The number of carbonyl (C=O) groups is 2. The second-order valence-corrected chi connectivity index (χ2v) is 3.33. The van der Waals surface area contributed by atoms with Crippen LogP contribution in [0.15, 0.2) is 0 Å². The molecule has 0 rings (SSSR count). The Bertz CT molecular complexity index is 219. The van der Waals surface area contributed by atoms with E-state index in [4.69, 9.17) is 14.9 Å². The highest BCUT2D eigenvalue weighted by molar-refractivity contribution is 5.80. The van der Waals surface area contributed by atoms with Crippen LogP contribution >= 0.6 is 0 Å². The summed E-state index contributed by atoms with van der Waals surface area (Å²) in [6.07, 6.45) is 1.24. The number of esters is 1. The molecule has 1 atom stereocenters. The van der Waals surface area contributed by atoms with Crippen LogP contribution in [0.1, 0.15) is 32.6 Å². The maximum Gasteiger partial charge on any atom is 0.405 e. The second-order valence-electron chi connectivity index (χ2n) is 3.33. The third-order valence-electron chi connectivity index (χ3n) is 2.02. The number of unbranched alkanes of at least 4 members (excludes halogenated alkanes) is 2. The number of aliphatic hydroxyl groups is 1. The van der Waals surface area contributed by atoms with Crippen LogP contribution in [-0.2, 0) is 9.53 Å². The van der Waals surface area contributed by atoms with Crippen LogP contribution in [0.25, 0.3) is 0 Å². The van der Waals surface area contributed by atoms with Crippen LogP contribution in [0, 0.1) is 0 Å². The van der Waals surface area contributed by atoms with Gasteiger partial charge in [-0.05, 0) is 19.8 Å². The molecule has 94 valence electrons. The molecule has 0 saturated heterocycles.